The number of hydrogen-bond acceptors (Lipinski definition) is 2. The molecule has 2 nitrogen and oxygen atoms in total. The molecule has 0 aliphatic carbocycles. The maximum Gasteiger partial charge on any atom is 0.417 e. The van der Waals surface area contributed by atoms with Crippen LogP contribution in [-0.2, 0) is 12.4 Å². The second-order valence-corrected chi connectivity index (χ2v) is 3.60. The first-order chi connectivity index (χ1) is 8.71. The zero-order chi connectivity index (χ0) is 14.3. The van der Waals surface area contributed by atoms with Crippen molar-refractivity contribution in [2.24, 2.45) is 0 Å². The van der Waals surface area contributed by atoms with E-state index in [1.54, 1.807) is 0 Å². The number of oxazole rings is 1. The van der Waals surface area contributed by atoms with Crippen molar-refractivity contribution in [3.05, 3.63) is 42.0 Å². The maximum atomic E-state index is 12.8. The highest BCUT2D eigenvalue weighted by molar-refractivity contribution is 5.68. The van der Waals surface area contributed by atoms with E-state index in [9.17, 15) is 26.3 Å². The molecule has 0 bridgehead atoms. The molecule has 0 fully saturated rings. The maximum absolute atomic E-state index is 12.8. The highest BCUT2D eigenvalue weighted by Crippen LogP contribution is 2.43. The van der Waals surface area contributed by atoms with E-state index in [2.05, 4.69) is 9.40 Å². The summed E-state index contributed by atoms with van der Waals surface area (Å²) in [4.78, 5) is 3.37. The number of aromatic nitrogens is 1. The molecule has 1 aromatic heterocycles. The Morgan fingerprint density at radius 1 is 0.895 bits per heavy atom. The van der Waals surface area contributed by atoms with Crippen molar-refractivity contribution in [2.75, 3.05) is 0 Å². The van der Waals surface area contributed by atoms with E-state index in [-0.39, 0.29) is 0 Å². The van der Waals surface area contributed by atoms with Crippen LogP contribution in [0.1, 0.15) is 11.1 Å². The molecular weight excluding hydrogens is 276 g/mol. The number of halogens is 6. The molecule has 0 aliphatic rings. The second kappa shape index (κ2) is 4.29. The topological polar surface area (TPSA) is 26.0 Å². The number of benzene rings is 1. The molecule has 0 unspecified atom stereocenters. The minimum Gasteiger partial charge on any atom is -0.451 e. The Labute approximate surface area is 102 Å². The molecule has 8 heteroatoms. The third kappa shape index (κ3) is 2.56. The molecule has 0 aliphatic heterocycles. The molecule has 19 heavy (non-hydrogen) atoms. The van der Waals surface area contributed by atoms with Gasteiger partial charge in [0, 0.05) is 5.56 Å². The summed E-state index contributed by atoms with van der Waals surface area (Å²) in [5.41, 5.74) is -4.36. The van der Waals surface area contributed by atoms with E-state index in [4.69, 9.17) is 0 Å². The van der Waals surface area contributed by atoms with Crippen molar-refractivity contribution in [1.82, 2.24) is 4.98 Å². The SMILES string of the molecule is FC(F)(F)c1cccc(C(F)(F)F)c1-c1cocn1. The lowest BCUT2D eigenvalue weighted by Gasteiger charge is -2.16. The van der Waals surface area contributed by atoms with Gasteiger partial charge in [0.15, 0.2) is 6.39 Å². The van der Waals surface area contributed by atoms with Crippen LogP contribution in [0.15, 0.2) is 35.3 Å². The quantitative estimate of drug-likeness (QED) is 0.725. The predicted octanol–water partition coefficient (Wildman–Crippen LogP) is 4.38. The Morgan fingerprint density at radius 3 is 1.79 bits per heavy atom. The van der Waals surface area contributed by atoms with E-state index < -0.39 is 34.7 Å². The normalized spacial score (nSPS) is 12.7. The third-order valence-corrected chi connectivity index (χ3v) is 2.36. The summed E-state index contributed by atoms with van der Waals surface area (Å²) in [5, 5.41) is 0. The minimum absolute atomic E-state index is 0.514. The lowest BCUT2D eigenvalue weighted by molar-refractivity contribution is -0.142. The fraction of sp³-hybridized carbons (Fsp3) is 0.182. The van der Waals surface area contributed by atoms with Gasteiger partial charge in [-0.15, -0.1) is 0 Å². The van der Waals surface area contributed by atoms with Gasteiger partial charge in [0.05, 0.1) is 11.1 Å². The van der Waals surface area contributed by atoms with Crippen LogP contribution in [0.2, 0.25) is 0 Å². The van der Waals surface area contributed by atoms with Crippen molar-refractivity contribution in [2.45, 2.75) is 12.4 Å². The van der Waals surface area contributed by atoms with Crippen molar-refractivity contribution in [1.29, 1.82) is 0 Å². The zero-order valence-corrected chi connectivity index (χ0v) is 9.01. The third-order valence-electron chi connectivity index (χ3n) is 2.36. The monoisotopic (exact) mass is 281 g/mol. The molecule has 0 spiro atoms. The van der Waals surface area contributed by atoms with E-state index in [0.29, 0.717) is 18.2 Å². The van der Waals surface area contributed by atoms with Crippen LogP contribution in [0.5, 0.6) is 0 Å². The van der Waals surface area contributed by atoms with E-state index in [0.717, 1.165) is 12.7 Å². The average Bonchev–Trinajstić information content (AvgIpc) is 2.78. The number of rotatable bonds is 1. The zero-order valence-electron chi connectivity index (χ0n) is 9.01. The molecule has 0 atom stereocenters. The molecule has 0 amide bonds. The van der Waals surface area contributed by atoms with E-state index in [1.807, 2.05) is 0 Å². The van der Waals surface area contributed by atoms with Crippen molar-refractivity contribution in [3.8, 4) is 11.3 Å². The van der Waals surface area contributed by atoms with Crippen LogP contribution in [-0.4, -0.2) is 4.98 Å². The van der Waals surface area contributed by atoms with Crippen LogP contribution in [0.3, 0.4) is 0 Å². The van der Waals surface area contributed by atoms with Crippen LogP contribution in [0.4, 0.5) is 26.3 Å². The summed E-state index contributed by atoms with van der Waals surface area (Å²) in [6.07, 6.45) is -8.34. The van der Waals surface area contributed by atoms with Gasteiger partial charge in [-0.05, 0) is 12.1 Å². The summed E-state index contributed by atoms with van der Waals surface area (Å²) < 4.78 is 81.2. The Balaban J connectivity index is 2.78. The summed E-state index contributed by atoms with van der Waals surface area (Å²) in [6, 6.07) is 1.84. The number of alkyl halides is 6. The molecule has 2 aromatic rings. The Bertz CT molecular complexity index is 538. The van der Waals surface area contributed by atoms with Crippen LogP contribution >= 0.6 is 0 Å². The van der Waals surface area contributed by atoms with Gasteiger partial charge in [0.25, 0.3) is 0 Å². The number of hydrogen-bond donors (Lipinski definition) is 0. The molecule has 0 N–H and O–H groups in total. The van der Waals surface area contributed by atoms with Crippen molar-refractivity contribution < 1.29 is 30.8 Å². The molecular formula is C11H5F6NO. The second-order valence-electron chi connectivity index (χ2n) is 3.60. The Morgan fingerprint density at radius 2 is 1.42 bits per heavy atom. The molecule has 1 heterocycles. The fourth-order valence-corrected chi connectivity index (χ4v) is 1.64. The lowest BCUT2D eigenvalue weighted by Crippen LogP contribution is -2.14. The average molecular weight is 281 g/mol. The predicted molar refractivity (Wildman–Crippen MR) is 51.9 cm³/mol. The van der Waals surface area contributed by atoms with Crippen molar-refractivity contribution in [3.63, 3.8) is 0 Å². The number of nitrogens with zero attached hydrogens (tertiary/aromatic N) is 1. The van der Waals surface area contributed by atoms with Gasteiger partial charge in [-0.1, -0.05) is 6.07 Å². The Kier molecular flexibility index (Phi) is 3.03. The van der Waals surface area contributed by atoms with Crippen LogP contribution in [0.25, 0.3) is 11.3 Å². The van der Waals surface area contributed by atoms with E-state index in [1.165, 1.54) is 0 Å². The minimum atomic E-state index is -4.92. The first-order valence-corrected chi connectivity index (χ1v) is 4.87. The smallest absolute Gasteiger partial charge is 0.417 e. The molecule has 2 rings (SSSR count). The van der Waals surface area contributed by atoms with Gasteiger partial charge in [-0.2, -0.15) is 26.3 Å². The van der Waals surface area contributed by atoms with Gasteiger partial charge in [0.2, 0.25) is 0 Å². The van der Waals surface area contributed by atoms with E-state index >= 15 is 0 Å². The van der Waals surface area contributed by atoms with Gasteiger partial charge in [-0.25, -0.2) is 4.98 Å². The first kappa shape index (κ1) is 13.4. The molecule has 0 radical (unpaired) electrons. The highest BCUT2D eigenvalue weighted by atomic mass is 19.4. The largest absolute Gasteiger partial charge is 0.451 e. The fourth-order valence-electron chi connectivity index (χ4n) is 1.64. The standard InChI is InChI=1S/C11H5F6NO/c12-10(13,14)6-2-1-3-7(11(15,16)17)9(6)8-4-19-5-18-8/h1-5H. The van der Waals surface area contributed by atoms with Gasteiger partial charge < -0.3 is 4.42 Å². The van der Waals surface area contributed by atoms with Gasteiger partial charge in [0.1, 0.15) is 12.0 Å². The van der Waals surface area contributed by atoms with Crippen LogP contribution < -0.4 is 0 Å². The highest BCUT2D eigenvalue weighted by Gasteiger charge is 2.41. The van der Waals surface area contributed by atoms with Crippen LogP contribution in [0, 0.1) is 0 Å². The van der Waals surface area contributed by atoms with Gasteiger partial charge >= 0.3 is 12.4 Å². The molecule has 1 aromatic carbocycles. The first-order valence-electron chi connectivity index (χ1n) is 4.87. The lowest BCUT2D eigenvalue weighted by atomic mass is 9.98. The summed E-state index contributed by atoms with van der Waals surface area (Å²) >= 11 is 0. The summed E-state index contributed by atoms with van der Waals surface area (Å²) in [5.74, 6) is 0. The van der Waals surface area contributed by atoms with Gasteiger partial charge in [-0.3, -0.25) is 0 Å². The Hall–Kier alpha value is -1.99. The molecule has 0 saturated carbocycles. The molecule has 102 valence electrons. The summed E-state index contributed by atoms with van der Waals surface area (Å²) in [6.45, 7) is 0. The summed E-state index contributed by atoms with van der Waals surface area (Å²) in [7, 11) is 0. The van der Waals surface area contributed by atoms with Crippen molar-refractivity contribution >= 4 is 0 Å². The molecule has 0 saturated heterocycles.